The van der Waals surface area contributed by atoms with E-state index in [1.807, 2.05) is 6.07 Å². The Labute approximate surface area is 121 Å². The van der Waals surface area contributed by atoms with E-state index in [9.17, 15) is 0 Å². The number of fused-ring (bicyclic) bond motifs is 1. The summed E-state index contributed by atoms with van der Waals surface area (Å²) < 4.78 is 2.20. The Bertz CT molecular complexity index is 616. The first-order valence-corrected chi connectivity index (χ1v) is 7.69. The Hall–Kier alpha value is -1.35. The number of aryl methyl sites for hydroxylation is 1. The van der Waals surface area contributed by atoms with Gasteiger partial charge >= 0.3 is 0 Å². The third-order valence-electron chi connectivity index (χ3n) is 5.17. The van der Waals surface area contributed by atoms with E-state index in [1.165, 1.54) is 18.4 Å². The quantitative estimate of drug-likeness (QED) is 0.911. The monoisotopic (exact) mass is 271 g/mol. The number of imidazole rings is 1. The number of aromatic nitrogens is 2. The molecule has 20 heavy (non-hydrogen) atoms. The van der Waals surface area contributed by atoms with Crippen molar-refractivity contribution in [2.24, 2.45) is 24.6 Å². The Kier molecular flexibility index (Phi) is 3.33. The van der Waals surface area contributed by atoms with Crippen molar-refractivity contribution in [3.05, 3.63) is 30.1 Å². The summed E-state index contributed by atoms with van der Waals surface area (Å²) >= 11 is 0. The molecule has 3 unspecified atom stereocenters. The average molecular weight is 271 g/mol. The fourth-order valence-corrected chi connectivity index (χ4v) is 3.67. The molecule has 1 fully saturated rings. The summed E-state index contributed by atoms with van der Waals surface area (Å²) in [5.41, 5.74) is 8.93. The van der Waals surface area contributed by atoms with Crippen LogP contribution in [0.25, 0.3) is 11.0 Å². The van der Waals surface area contributed by atoms with Gasteiger partial charge in [-0.1, -0.05) is 32.4 Å². The molecule has 1 heterocycles. The van der Waals surface area contributed by atoms with Crippen molar-refractivity contribution in [1.29, 1.82) is 0 Å². The summed E-state index contributed by atoms with van der Waals surface area (Å²) in [5.74, 6) is 2.42. The average Bonchev–Trinajstić information content (AvgIpc) is 2.72. The third kappa shape index (κ3) is 2.24. The zero-order valence-electron chi connectivity index (χ0n) is 12.8. The van der Waals surface area contributed by atoms with E-state index in [2.05, 4.69) is 43.7 Å². The van der Waals surface area contributed by atoms with Crippen LogP contribution in [0.5, 0.6) is 0 Å². The molecule has 3 rings (SSSR count). The molecule has 3 heteroatoms. The number of rotatable bonds is 2. The van der Waals surface area contributed by atoms with Gasteiger partial charge in [0.1, 0.15) is 5.82 Å². The van der Waals surface area contributed by atoms with Crippen LogP contribution < -0.4 is 5.73 Å². The highest BCUT2D eigenvalue weighted by atomic mass is 15.1. The Morgan fingerprint density at radius 2 is 2.05 bits per heavy atom. The van der Waals surface area contributed by atoms with Crippen molar-refractivity contribution < 1.29 is 0 Å². The minimum atomic E-state index is -0.104. The molecule has 2 aromatic rings. The van der Waals surface area contributed by atoms with Gasteiger partial charge in [-0.05, 0) is 36.8 Å². The molecule has 3 nitrogen and oxygen atoms in total. The first-order chi connectivity index (χ1) is 9.49. The van der Waals surface area contributed by atoms with Crippen molar-refractivity contribution in [3.8, 4) is 0 Å². The van der Waals surface area contributed by atoms with Crippen LogP contribution >= 0.6 is 0 Å². The second-order valence-electron chi connectivity index (χ2n) is 6.77. The van der Waals surface area contributed by atoms with Crippen LogP contribution in [0.2, 0.25) is 0 Å². The van der Waals surface area contributed by atoms with Crippen molar-refractivity contribution >= 4 is 11.0 Å². The van der Waals surface area contributed by atoms with Crippen molar-refractivity contribution in [2.75, 3.05) is 0 Å². The van der Waals surface area contributed by atoms with Gasteiger partial charge < -0.3 is 10.3 Å². The smallest absolute Gasteiger partial charge is 0.111 e. The molecule has 0 spiro atoms. The minimum absolute atomic E-state index is 0.104. The number of para-hydroxylation sites is 2. The van der Waals surface area contributed by atoms with E-state index in [0.717, 1.165) is 30.1 Å². The van der Waals surface area contributed by atoms with Gasteiger partial charge in [0, 0.05) is 19.0 Å². The predicted molar refractivity (Wildman–Crippen MR) is 83.5 cm³/mol. The molecule has 1 aliphatic rings. The molecule has 0 amide bonds. The van der Waals surface area contributed by atoms with Gasteiger partial charge in [-0.25, -0.2) is 4.98 Å². The molecule has 1 aromatic heterocycles. The topological polar surface area (TPSA) is 43.8 Å². The van der Waals surface area contributed by atoms with Gasteiger partial charge in [-0.15, -0.1) is 0 Å². The van der Waals surface area contributed by atoms with Gasteiger partial charge in [0.05, 0.1) is 11.0 Å². The van der Waals surface area contributed by atoms with Crippen LogP contribution in [0.1, 0.15) is 38.9 Å². The summed E-state index contributed by atoms with van der Waals surface area (Å²) in [6.07, 6.45) is 4.53. The number of benzene rings is 1. The van der Waals surface area contributed by atoms with Crippen LogP contribution in [0.4, 0.5) is 0 Å². The lowest BCUT2D eigenvalue weighted by Gasteiger charge is -2.42. The second kappa shape index (κ2) is 4.88. The van der Waals surface area contributed by atoms with E-state index in [-0.39, 0.29) is 5.54 Å². The van der Waals surface area contributed by atoms with Crippen LogP contribution in [0.15, 0.2) is 24.3 Å². The molecule has 0 saturated heterocycles. The molecular formula is C17H25N3. The largest absolute Gasteiger partial charge is 0.331 e. The van der Waals surface area contributed by atoms with E-state index in [4.69, 9.17) is 10.7 Å². The first-order valence-electron chi connectivity index (χ1n) is 7.69. The summed E-state index contributed by atoms with van der Waals surface area (Å²) in [6.45, 7) is 4.62. The SMILES string of the molecule is CC1CCC(C)C(N)(Cc2nc3ccccc3n2C)C1. The van der Waals surface area contributed by atoms with Crippen LogP contribution in [-0.4, -0.2) is 15.1 Å². The molecule has 3 atom stereocenters. The maximum Gasteiger partial charge on any atom is 0.111 e. The molecule has 0 bridgehead atoms. The van der Waals surface area contributed by atoms with Crippen molar-refractivity contribution in [3.63, 3.8) is 0 Å². The highest BCUT2D eigenvalue weighted by Crippen LogP contribution is 2.37. The Morgan fingerprint density at radius 1 is 1.30 bits per heavy atom. The molecule has 1 saturated carbocycles. The van der Waals surface area contributed by atoms with E-state index < -0.39 is 0 Å². The zero-order valence-corrected chi connectivity index (χ0v) is 12.8. The first kappa shape index (κ1) is 13.6. The predicted octanol–water partition coefficient (Wildman–Crippen LogP) is 3.27. The summed E-state index contributed by atoms with van der Waals surface area (Å²) in [4.78, 5) is 4.79. The van der Waals surface area contributed by atoms with E-state index >= 15 is 0 Å². The van der Waals surface area contributed by atoms with Crippen molar-refractivity contribution in [2.45, 2.75) is 45.1 Å². The highest BCUT2D eigenvalue weighted by molar-refractivity contribution is 5.75. The van der Waals surface area contributed by atoms with E-state index in [1.54, 1.807) is 0 Å². The fourth-order valence-electron chi connectivity index (χ4n) is 3.67. The van der Waals surface area contributed by atoms with Gasteiger partial charge in [0.15, 0.2) is 0 Å². The summed E-state index contributed by atoms with van der Waals surface area (Å²) in [5, 5.41) is 0. The zero-order chi connectivity index (χ0) is 14.3. The van der Waals surface area contributed by atoms with Crippen LogP contribution in [-0.2, 0) is 13.5 Å². The molecule has 1 aromatic carbocycles. The molecular weight excluding hydrogens is 246 g/mol. The number of nitrogens with two attached hydrogens (primary N) is 1. The lowest BCUT2D eigenvalue weighted by molar-refractivity contribution is 0.158. The lowest BCUT2D eigenvalue weighted by Crippen LogP contribution is -2.52. The maximum absolute atomic E-state index is 6.76. The standard InChI is InChI=1S/C17H25N3/c1-12-8-9-13(2)17(18,10-12)11-16-19-14-6-4-5-7-15(14)20(16)3/h4-7,12-13H,8-11,18H2,1-3H3. The normalized spacial score (nSPS) is 30.8. The minimum Gasteiger partial charge on any atom is -0.331 e. The van der Waals surface area contributed by atoms with Crippen LogP contribution in [0.3, 0.4) is 0 Å². The molecule has 108 valence electrons. The highest BCUT2D eigenvalue weighted by Gasteiger charge is 2.38. The van der Waals surface area contributed by atoms with Crippen LogP contribution in [0, 0.1) is 11.8 Å². The number of hydrogen-bond donors (Lipinski definition) is 1. The molecule has 2 N–H and O–H groups in total. The summed E-state index contributed by atoms with van der Waals surface area (Å²) in [6, 6.07) is 8.32. The number of nitrogens with zero attached hydrogens (tertiary/aromatic N) is 2. The molecule has 0 aliphatic heterocycles. The van der Waals surface area contributed by atoms with Gasteiger partial charge in [0.2, 0.25) is 0 Å². The Balaban J connectivity index is 1.94. The van der Waals surface area contributed by atoms with Gasteiger partial charge in [-0.2, -0.15) is 0 Å². The van der Waals surface area contributed by atoms with Gasteiger partial charge in [-0.3, -0.25) is 0 Å². The third-order valence-corrected chi connectivity index (χ3v) is 5.17. The van der Waals surface area contributed by atoms with Crippen molar-refractivity contribution in [1.82, 2.24) is 9.55 Å². The Morgan fingerprint density at radius 3 is 2.80 bits per heavy atom. The second-order valence-corrected chi connectivity index (χ2v) is 6.77. The number of hydrogen-bond acceptors (Lipinski definition) is 2. The molecule has 0 radical (unpaired) electrons. The molecule has 1 aliphatic carbocycles. The lowest BCUT2D eigenvalue weighted by atomic mass is 9.68. The summed E-state index contributed by atoms with van der Waals surface area (Å²) in [7, 11) is 2.10. The fraction of sp³-hybridized carbons (Fsp3) is 0.588. The maximum atomic E-state index is 6.76. The van der Waals surface area contributed by atoms with Gasteiger partial charge in [0.25, 0.3) is 0 Å². The van der Waals surface area contributed by atoms with E-state index in [0.29, 0.717) is 5.92 Å².